The summed E-state index contributed by atoms with van der Waals surface area (Å²) in [6, 6.07) is 1.63. The van der Waals surface area contributed by atoms with Crippen molar-refractivity contribution in [2.75, 3.05) is 42.2 Å². The number of alkyl halides is 5. The van der Waals surface area contributed by atoms with Crippen LogP contribution in [0.2, 0.25) is 0 Å². The van der Waals surface area contributed by atoms with Crippen molar-refractivity contribution in [3.63, 3.8) is 0 Å². The van der Waals surface area contributed by atoms with Gasteiger partial charge in [-0.3, -0.25) is 14.3 Å². The number of fused-ring (bicyclic) bond motifs is 1. The van der Waals surface area contributed by atoms with Gasteiger partial charge in [-0.15, -0.1) is 0 Å². The molecular weight excluding hydrogens is 543 g/mol. The van der Waals surface area contributed by atoms with E-state index in [1.54, 1.807) is 0 Å². The molecule has 1 saturated heterocycles. The van der Waals surface area contributed by atoms with E-state index in [0.717, 1.165) is 6.07 Å². The van der Waals surface area contributed by atoms with E-state index >= 15 is 0 Å². The maximum Gasteiger partial charge on any atom is 0.418 e. The van der Waals surface area contributed by atoms with Crippen molar-refractivity contribution < 1.29 is 22.3 Å². The van der Waals surface area contributed by atoms with E-state index in [4.69, 9.17) is 0 Å². The Hall–Kier alpha value is -0.850. The number of nitro groups is 1. The molecule has 0 N–H and O–H groups in total. The third-order valence-electron chi connectivity index (χ3n) is 5.38. The number of likely N-dealkylation sites (tertiary alicyclic amines) is 1. The molecule has 3 rings (SSSR count). The fraction of sp³-hybridized carbons (Fsp3) is 0.588. The lowest BCUT2D eigenvalue weighted by atomic mass is 10.1. The minimum absolute atomic E-state index is 0.0519. The summed E-state index contributed by atoms with van der Waals surface area (Å²) < 4.78 is 56.1. The van der Waals surface area contributed by atoms with Crippen LogP contribution in [0.15, 0.2) is 17.0 Å². The third kappa shape index (κ3) is 3.92. The van der Waals surface area contributed by atoms with E-state index in [1.807, 2.05) is 7.05 Å². The maximum absolute atomic E-state index is 14.4. The first-order chi connectivity index (χ1) is 13.6. The van der Waals surface area contributed by atoms with Crippen molar-refractivity contribution in [2.45, 2.75) is 29.2 Å². The second-order valence-electron chi connectivity index (χ2n) is 7.07. The van der Waals surface area contributed by atoms with Crippen LogP contribution in [0.25, 0.3) is 0 Å². The first-order valence-corrected chi connectivity index (χ1v) is 12.8. The van der Waals surface area contributed by atoms with Gasteiger partial charge < -0.3 is 9.80 Å². The Morgan fingerprint density at radius 3 is 2.38 bits per heavy atom. The Balaban J connectivity index is 2.35. The molecule has 1 aromatic carbocycles. The second-order valence-corrected chi connectivity index (χ2v) is 11.2. The van der Waals surface area contributed by atoms with Crippen LogP contribution < -0.4 is 4.90 Å². The van der Waals surface area contributed by atoms with Crippen LogP contribution in [0.5, 0.6) is 0 Å². The SMILES string of the molecule is CN1CCC(S2(=O)=C(CBr)N(CCBr)c3c(C(F)(F)F)cc([N+](=O)[O-])cc32)CC1. The molecule has 1 fully saturated rings. The molecule has 1 aromatic rings. The molecule has 2 aliphatic rings. The summed E-state index contributed by atoms with van der Waals surface area (Å²) in [4.78, 5) is 14.3. The predicted octanol–water partition coefficient (Wildman–Crippen LogP) is 4.09. The Morgan fingerprint density at radius 2 is 1.90 bits per heavy atom. The molecule has 12 heteroatoms. The number of nitrogens with zero attached hydrogens (tertiary/aromatic N) is 3. The van der Waals surface area contributed by atoms with Crippen molar-refractivity contribution in [3.05, 3.63) is 27.8 Å². The Labute approximate surface area is 183 Å². The molecule has 0 saturated carbocycles. The summed E-state index contributed by atoms with van der Waals surface area (Å²) in [5.74, 6) is 0. The van der Waals surface area contributed by atoms with Crippen LogP contribution in [-0.2, 0) is 15.7 Å². The molecule has 2 heterocycles. The van der Waals surface area contributed by atoms with Gasteiger partial charge in [0.25, 0.3) is 5.69 Å². The molecule has 0 spiro atoms. The average molecular weight is 563 g/mol. The summed E-state index contributed by atoms with van der Waals surface area (Å²) in [6.45, 7) is 1.52. The van der Waals surface area contributed by atoms with Gasteiger partial charge in [0.2, 0.25) is 0 Å². The molecule has 6 nitrogen and oxygen atoms in total. The van der Waals surface area contributed by atoms with Crippen LogP contribution in [0.3, 0.4) is 0 Å². The van der Waals surface area contributed by atoms with Crippen LogP contribution in [0.4, 0.5) is 24.5 Å². The van der Waals surface area contributed by atoms with E-state index in [2.05, 4.69) is 36.8 Å². The van der Waals surface area contributed by atoms with Gasteiger partial charge in [0.1, 0.15) is 0 Å². The van der Waals surface area contributed by atoms with Crippen LogP contribution in [-0.4, -0.2) is 61.6 Å². The molecule has 0 radical (unpaired) electrons. The molecule has 0 aromatic heterocycles. The van der Waals surface area contributed by atoms with Gasteiger partial charge in [0.05, 0.1) is 31.4 Å². The summed E-state index contributed by atoms with van der Waals surface area (Å²) in [7, 11) is -1.16. The highest BCUT2D eigenvalue weighted by atomic mass is 79.9. The molecule has 0 amide bonds. The van der Waals surface area contributed by atoms with Crippen molar-refractivity contribution in [1.82, 2.24) is 4.90 Å². The van der Waals surface area contributed by atoms with Gasteiger partial charge >= 0.3 is 6.18 Å². The van der Waals surface area contributed by atoms with Crippen LogP contribution in [0.1, 0.15) is 18.4 Å². The highest BCUT2D eigenvalue weighted by Gasteiger charge is 2.47. The van der Waals surface area contributed by atoms with Gasteiger partial charge in [-0.05, 0) is 33.0 Å². The molecular formula is C17H20Br2F3N3O3S. The summed E-state index contributed by atoms with van der Waals surface area (Å²) >= 11 is 6.59. The van der Waals surface area contributed by atoms with Gasteiger partial charge in [0, 0.05) is 38.8 Å². The Morgan fingerprint density at radius 1 is 1.28 bits per heavy atom. The topological polar surface area (TPSA) is 66.7 Å². The minimum Gasteiger partial charge on any atom is -0.335 e. The third-order valence-corrected chi connectivity index (χ3v) is 10.1. The monoisotopic (exact) mass is 561 g/mol. The zero-order valence-electron chi connectivity index (χ0n) is 15.5. The molecule has 162 valence electrons. The number of hydrogen-bond donors (Lipinski definition) is 0. The van der Waals surface area contributed by atoms with Crippen molar-refractivity contribution in [2.24, 2.45) is 0 Å². The number of non-ortho nitro benzene ring substituents is 1. The number of benzene rings is 1. The Kier molecular flexibility index (Phi) is 6.57. The number of hydrogen-bond acceptors (Lipinski definition) is 5. The highest BCUT2D eigenvalue weighted by molar-refractivity contribution is 9.09. The first-order valence-electron chi connectivity index (χ1n) is 8.92. The standard InChI is InChI=1S/C17H20Br2F3N3O3S/c1-23-5-2-12(3-6-23)29(28)14-9-11(25(26)27)8-13(17(20,21)22)16(14)24(7-4-18)15(29)10-19/h8-9,12H,2-7,10H2,1H3. The van der Waals surface area contributed by atoms with Crippen molar-refractivity contribution in [3.8, 4) is 0 Å². The zero-order chi connectivity index (χ0) is 21.6. The van der Waals surface area contributed by atoms with E-state index in [9.17, 15) is 27.5 Å². The molecule has 1 unspecified atom stereocenters. The van der Waals surface area contributed by atoms with E-state index in [0.29, 0.717) is 42.3 Å². The number of nitro benzene ring substituents is 1. The largest absolute Gasteiger partial charge is 0.418 e. The van der Waals surface area contributed by atoms with Gasteiger partial charge in [-0.2, -0.15) is 13.2 Å². The average Bonchev–Trinajstić information content (AvgIpc) is 2.90. The summed E-state index contributed by atoms with van der Waals surface area (Å²) in [5, 5.41) is 11.5. The summed E-state index contributed by atoms with van der Waals surface area (Å²) in [6.07, 6.45) is -3.70. The maximum atomic E-state index is 14.4. The smallest absolute Gasteiger partial charge is 0.335 e. The van der Waals surface area contributed by atoms with Crippen LogP contribution in [0, 0.1) is 10.1 Å². The predicted molar refractivity (Wildman–Crippen MR) is 115 cm³/mol. The fourth-order valence-electron chi connectivity index (χ4n) is 4.00. The number of rotatable bonds is 5. The van der Waals surface area contributed by atoms with Crippen molar-refractivity contribution >= 4 is 57.7 Å². The van der Waals surface area contributed by atoms with Gasteiger partial charge in [0.15, 0.2) is 0 Å². The zero-order valence-corrected chi connectivity index (χ0v) is 19.5. The molecule has 29 heavy (non-hydrogen) atoms. The fourth-order valence-corrected chi connectivity index (χ4v) is 9.03. The number of piperidine rings is 1. The van der Waals surface area contributed by atoms with Gasteiger partial charge in [-0.25, -0.2) is 0 Å². The van der Waals surface area contributed by atoms with E-state index < -0.39 is 31.9 Å². The van der Waals surface area contributed by atoms with Crippen LogP contribution >= 0.6 is 31.9 Å². The van der Waals surface area contributed by atoms with Crippen molar-refractivity contribution in [1.29, 1.82) is 0 Å². The quantitative estimate of drug-likeness (QED) is 0.234. The lowest BCUT2D eigenvalue weighted by Gasteiger charge is -2.31. The molecule has 0 aliphatic carbocycles. The molecule has 1 atom stereocenters. The molecule has 2 aliphatic heterocycles. The molecule has 0 bridgehead atoms. The van der Waals surface area contributed by atoms with Gasteiger partial charge in [-0.1, -0.05) is 31.9 Å². The normalized spacial score (nSPS) is 23.5. The van der Waals surface area contributed by atoms with E-state index in [1.165, 1.54) is 4.90 Å². The van der Waals surface area contributed by atoms with E-state index in [-0.39, 0.29) is 27.7 Å². The highest BCUT2D eigenvalue weighted by Crippen LogP contribution is 2.48. The lowest BCUT2D eigenvalue weighted by Crippen LogP contribution is -2.41. The summed E-state index contributed by atoms with van der Waals surface area (Å²) in [5.41, 5.74) is -2.01. The lowest BCUT2D eigenvalue weighted by molar-refractivity contribution is -0.385. The Bertz CT molecular complexity index is 940. The first kappa shape index (κ1) is 22.8. The minimum atomic E-state index is -4.81. The number of anilines is 1. The number of halogens is 5. The second kappa shape index (κ2) is 8.35.